The third kappa shape index (κ3) is 1.72. The molecule has 1 aromatic carbocycles. The molecule has 74 valence electrons. The minimum atomic E-state index is -0.439. The molecule has 0 saturated carbocycles. The Morgan fingerprint density at radius 1 is 1.57 bits per heavy atom. The monoisotopic (exact) mass is 259 g/mol. The van der Waals surface area contributed by atoms with Gasteiger partial charge in [0, 0.05) is 4.47 Å². The third-order valence-corrected chi connectivity index (χ3v) is 2.70. The normalized spacial score (nSPS) is 20.4. The van der Waals surface area contributed by atoms with Gasteiger partial charge >= 0.3 is 6.09 Å². The molecule has 1 aliphatic heterocycles. The first-order valence-electron chi connectivity index (χ1n) is 4.05. The number of hydrogen-bond donors (Lipinski definition) is 1. The Bertz CT molecular complexity index is 383. The average molecular weight is 260 g/mol. The zero-order valence-electron chi connectivity index (χ0n) is 7.09. The molecule has 1 amide bonds. The van der Waals surface area contributed by atoms with Gasteiger partial charge in [0.25, 0.3) is 0 Å². The van der Waals surface area contributed by atoms with Gasteiger partial charge in [0.2, 0.25) is 0 Å². The number of carbonyl (C=O) groups excluding carboxylic acids is 1. The summed E-state index contributed by atoms with van der Waals surface area (Å²) in [6, 6.07) is 4.14. The van der Waals surface area contributed by atoms with Gasteiger partial charge in [-0.3, -0.25) is 0 Å². The van der Waals surface area contributed by atoms with Crippen LogP contribution in [-0.2, 0) is 4.74 Å². The number of halogens is 2. The summed E-state index contributed by atoms with van der Waals surface area (Å²) in [5.41, 5.74) is 0.817. The van der Waals surface area contributed by atoms with Gasteiger partial charge in [0.1, 0.15) is 12.4 Å². The quantitative estimate of drug-likeness (QED) is 0.841. The first kappa shape index (κ1) is 9.45. The molecule has 5 heteroatoms. The van der Waals surface area contributed by atoms with Crippen LogP contribution in [0.2, 0.25) is 0 Å². The summed E-state index contributed by atoms with van der Waals surface area (Å²) in [4.78, 5) is 10.8. The maximum atomic E-state index is 12.8. The highest BCUT2D eigenvalue weighted by Crippen LogP contribution is 2.26. The van der Waals surface area contributed by atoms with Gasteiger partial charge in [0.15, 0.2) is 0 Å². The standard InChI is InChI=1S/C9H7BrFNO2/c10-7-3-5(11)1-2-6(7)8-4-14-9(13)12-8/h1-3,8H,4H2,(H,12,13). The van der Waals surface area contributed by atoms with Crippen LogP contribution >= 0.6 is 15.9 Å². The molecule has 1 aliphatic rings. The van der Waals surface area contributed by atoms with Crippen molar-refractivity contribution in [1.29, 1.82) is 0 Å². The molecule has 1 fully saturated rings. The van der Waals surface area contributed by atoms with Crippen molar-refractivity contribution in [3.8, 4) is 0 Å². The Morgan fingerprint density at radius 2 is 2.36 bits per heavy atom. The van der Waals surface area contributed by atoms with Gasteiger partial charge in [-0.1, -0.05) is 22.0 Å². The van der Waals surface area contributed by atoms with Crippen molar-refractivity contribution in [2.75, 3.05) is 6.61 Å². The van der Waals surface area contributed by atoms with E-state index in [0.717, 1.165) is 5.56 Å². The van der Waals surface area contributed by atoms with Crippen LogP contribution in [0.15, 0.2) is 22.7 Å². The van der Waals surface area contributed by atoms with E-state index in [1.54, 1.807) is 6.07 Å². The van der Waals surface area contributed by atoms with Crippen LogP contribution in [0, 0.1) is 5.82 Å². The molecule has 0 bridgehead atoms. The number of ether oxygens (including phenoxy) is 1. The summed E-state index contributed by atoms with van der Waals surface area (Å²) < 4.78 is 18.1. The van der Waals surface area contributed by atoms with E-state index < -0.39 is 6.09 Å². The lowest BCUT2D eigenvalue weighted by atomic mass is 10.1. The Labute approximate surface area is 88.4 Å². The highest BCUT2D eigenvalue weighted by atomic mass is 79.9. The number of hydrogen-bond acceptors (Lipinski definition) is 2. The van der Waals surface area contributed by atoms with Gasteiger partial charge in [-0.2, -0.15) is 0 Å². The first-order valence-corrected chi connectivity index (χ1v) is 4.84. The largest absolute Gasteiger partial charge is 0.447 e. The molecule has 1 N–H and O–H groups in total. The summed E-state index contributed by atoms with van der Waals surface area (Å²) in [6.07, 6.45) is -0.439. The van der Waals surface area contributed by atoms with E-state index in [0.29, 0.717) is 4.47 Å². The van der Waals surface area contributed by atoms with Crippen LogP contribution in [0.25, 0.3) is 0 Å². The number of benzene rings is 1. The van der Waals surface area contributed by atoms with Gasteiger partial charge < -0.3 is 10.1 Å². The van der Waals surface area contributed by atoms with Crippen LogP contribution in [0.4, 0.5) is 9.18 Å². The Morgan fingerprint density at radius 3 is 2.93 bits per heavy atom. The van der Waals surface area contributed by atoms with Gasteiger partial charge in [-0.05, 0) is 17.7 Å². The fraction of sp³-hybridized carbons (Fsp3) is 0.222. The van der Waals surface area contributed by atoms with E-state index in [-0.39, 0.29) is 18.5 Å². The van der Waals surface area contributed by atoms with Crippen molar-refractivity contribution >= 4 is 22.0 Å². The van der Waals surface area contributed by atoms with Crippen LogP contribution in [0.1, 0.15) is 11.6 Å². The minimum Gasteiger partial charge on any atom is -0.447 e. The van der Waals surface area contributed by atoms with Crippen LogP contribution in [0.5, 0.6) is 0 Å². The van der Waals surface area contributed by atoms with E-state index in [4.69, 9.17) is 4.74 Å². The fourth-order valence-corrected chi connectivity index (χ4v) is 1.96. The first-order chi connectivity index (χ1) is 6.66. The zero-order valence-corrected chi connectivity index (χ0v) is 8.67. The number of nitrogens with one attached hydrogen (secondary N) is 1. The SMILES string of the molecule is O=C1NC(c2ccc(F)cc2Br)CO1. The molecule has 0 aromatic heterocycles. The van der Waals surface area contributed by atoms with E-state index >= 15 is 0 Å². The number of carbonyl (C=O) groups is 1. The number of amides is 1. The van der Waals surface area contributed by atoms with E-state index in [1.807, 2.05) is 0 Å². The van der Waals surface area contributed by atoms with Gasteiger partial charge in [-0.25, -0.2) is 9.18 Å². The molecule has 1 saturated heterocycles. The lowest BCUT2D eigenvalue weighted by Gasteiger charge is -2.09. The minimum absolute atomic E-state index is 0.197. The number of alkyl carbamates (subject to hydrolysis) is 1. The topological polar surface area (TPSA) is 38.3 Å². The second-order valence-corrected chi connectivity index (χ2v) is 3.82. The molecule has 1 atom stereocenters. The van der Waals surface area contributed by atoms with Crippen molar-refractivity contribution in [3.05, 3.63) is 34.1 Å². The lowest BCUT2D eigenvalue weighted by molar-refractivity contribution is 0.177. The highest BCUT2D eigenvalue weighted by molar-refractivity contribution is 9.10. The van der Waals surface area contributed by atoms with Crippen molar-refractivity contribution in [2.24, 2.45) is 0 Å². The summed E-state index contributed by atoms with van der Waals surface area (Å²) in [7, 11) is 0. The predicted molar refractivity (Wildman–Crippen MR) is 51.3 cm³/mol. The number of rotatable bonds is 1. The van der Waals surface area contributed by atoms with Crippen LogP contribution in [0.3, 0.4) is 0 Å². The predicted octanol–water partition coefficient (Wildman–Crippen LogP) is 2.37. The van der Waals surface area contributed by atoms with E-state index in [9.17, 15) is 9.18 Å². The third-order valence-electron chi connectivity index (χ3n) is 2.01. The van der Waals surface area contributed by atoms with Crippen molar-refractivity contribution in [2.45, 2.75) is 6.04 Å². The highest BCUT2D eigenvalue weighted by Gasteiger charge is 2.25. The van der Waals surface area contributed by atoms with E-state index in [2.05, 4.69) is 21.2 Å². The Balaban J connectivity index is 2.28. The van der Waals surface area contributed by atoms with E-state index in [1.165, 1.54) is 12.1 Å². The van der Waals surface area contributed by atoms with Gasteiger partial charge in [-0.15, -0.1) is 0 Å². The molecule has 0 aliphatic carbocycles. The molecule has 1 heterocycles. The molecular formula is C9H7BrFNO2. The molecule has 3 nitrogen and oxygen atoms in total. The summed E-state index contributed by atoms with van der Waals surface area (Å²) in [5, 5.41) is 2.62. The second-order valence-electron chi connectivity index (χ2n) is 2.96. The summed E-state index contributed by atoms with van der Waals surface area (Å²) >= 11 is 3.23. The molecule has 0 spiro atoms. The van der Waals surface area contributed by atoms with Crippen molar-refractivity contribution in [3.63, 3.8) is 0 Å². The average Bonchev–Trinajstić information content (AvgIpc) is 2.51. The Hall–Kier alpha value is -1.10. The lowest BCUT2D eigenvalue weighted by Crippen LogP contribution is -2.18. The smallest absolute Gasteiger partial charge is 0.407 e. The summed E-state index contributed by atoms with van der Waals surface area (Å²) in [5.74, 6) is -0.314. The maximum absolute atomic E-state index is 12.8. The van der Waals surface area contributed by atoms with Crippen molar-refractivity contribution in [1.82, 2.24) is 5.32 Å². The maximum Gasteiger partial charge on any atom is 0.407 e. The fourth-order valence-electron chi connectivity index (χ4n) is 1.34. The number of cyclic esters (lactones) is 1. The van der Waals surface area contributed by atoms with Crippen LogP contribution in [-0.4, -0.2) is 12.7 Å². The Kier molecular flexibility index (Phi) is 2.41. The van der Waals surface area contributed by atoms with Crippen LogP contribution < -0.4 is 5.32 Å². The molecule has 14 heavy (non-hydrogen) atoms. The zero-order chi connectivity index (χ0) is 10.1. The molecule has 2 rings (SSSR count). The molecule has 1 unspecified atom stereocenters. The molecule has 1 aromatic rings. The summed E-state index contributed by atoms with van der Waals surface area (Å²) in [6.45, 7) is 0.281. The molecular weight excluding hydrogens is 253 g/mol. The second kappa shape index (κ2) is 3.57. The molecule has 0 radical (unpaired) electrons. The van der Waals surface area contributed by atoms with Gasteiger partial charge in [0.05, 0.1) is 6.04 Å². The van der Waals surface area contributed by atoms with Crippen molar-refractivity contribution < 1.29 is 13.9 Å².